The Balaban J connectivity index is 0.00000656. The first-order valence-electron chi connectivity index (χ1n) is 26.8. The Morgan fingerprint density at radius 1 is 0.507 bits per heavy atom. The van der Waals surface area contributed by atoms with Gasteiger partial charge in [-0.3, -0.25) is 0 Å². The smallest absolute Gasteiger partial charge is 0.166 e. The zero-order valence-electron chi connectivity index (χ0n) is 44.5. The summed E-state index contributed by atoms with van der Waals surface area (Å²) in [5, 5.41) is 4.61. The third-order valence-electron chi connectivity index (χ3n) is 15.4. The van der Waals surface area contributed by atoms with Gasteiger partial charge in [-0.25, -0.2) is 15.0 Å². The Bertz CT molecular complexity index is 3310. The van der Waals surface area contributed by atoms with Crippen LogP contribution in [0.25, 0.3) is 78.1 Å². The standard InChI is InChI=1S/C68H71N4.Ir/c1-10-12-14-16-22-45-40-46(23-17-15-13-11-2)42-53(41-45)68(9)59-39-33-47-24-18-19-25-54(47)61(59)57-38-32-50(43-60(57)68)62-56-27-21-20-26-55(56)58(44-69-62)65-71-63(48-28-34-51(35-29-48)66(3,4)5)70-64(72-65)49-30-36-52(37-31-49)67(6,7)8;/h18-21,24-31,33-44H,10-17,22-23H2,1-9H3;/q-1;. The molecule has 0 spiro atoms. The molecule has 1 radical (unpaired) electrons. The Kier molecular flexibility index (Phi) is 15.2. The average Bonchev–Trinajstić information content (AvgIpc) is 3.66. The molecule has 2 aromatic heterocycles. The first kappa shape index (κ1) is 51.8. The van der Waals surface area contributed by atoms with E-state index in [2.05, 4.69) is 208 Å². The van der Waals surface area contributed by atoms with Crippen molar-refractivity contribution in [2.24, 2.45) is 0 Å². The molecule has 0 saturated heterocycles. The van der Waals surface area contributed by atoms with Crippen molar-refractivity contribution in [3.8, 4) is 56.5 Å². The summed E-state index contributed by atoms with van der Waals surface area (Å²) >= 11 is 0. The zero-order chi connectivity index (χ0) is 50.2. The van der Waals surface area contributed by atoms with Gasteiger partial charge in [0.15, 0.2) is 17.5 Å². The molecule has 9 aromatic rings. The minimum absolute atomic E-state index is 0. The van der Waals surface area contributed by atoms with Gasteiger partial charge in [0.1, 0.15) is 0 Å². The van der Waals surface area contributed by atoms with E-state index in [4.69, 9.17) is 19.9 Å². The van der Waals surface area contributed by atoms with Crippen LogP contribution in [0.4, 0.5) is 0 Å². The second kappa shape index (κ2) is 21.4. The molecular weight excluding hydrogens is 1060 g/mol. The Morgan fingerprint density at radius 2 is 1.04 bits per heavy atom. The van der Waals surface area contributed by atoms with Gasteiger partial charge in [0.05, 0.1) is 0 Å². The summed E-state index contributed by atoms with van der Waals surface area (Å²) in [5.74, 6) is 1.87. The topological polar surface area (TPSA) is 51.6 Å². The minimum Gasteiger partial charge on any atom is -0.303 e. The molecule has 5 heteroatoms. The van der Waals surface area contributed by atoms with Crippen LogP contribution in [0.2, 0.25) is 0 Å². The number of hydrogen-bond acceptors (Lipinski definition) is 4. The number of hydrogen-bond donors (Lipinski definition) is 0. The van der Waals surface area contributed by atoms with Crippen molar-refractivity contribution in [3.05, 3.63) is 191 Å². The van der Waals surface area contributed by atoms with Gasteiger partial charge in [0, 0.05) is 48.4 Å². The molecule has 2 heterocycles. The van der Waals surface area contributed by atoms with Crippen LogP contribution in [0.5, 0.6) is 0 Å². The van der Waals surface area contributed by atoms with Crippen LogP contribution in [0.1, 0.15) is 153 Å². The van der Waals surface area contributed by atoms with E-state index in [1.165, 1.54) is 112 Å². The van der Waals surface area contributed by atoms with E-state index in [1.54, 1.807) is 0 Å². The number of aromatic nitrogens is 4. The first-order chi connectivity index (χ1) is 34.7. The SMILES string of the molecule is CCCCCCc1cc(CCCCCC)cc(C2(C)c3cc(-c4ncc(-c5nc(-c6ccc(C(C)(C)C)cc6)nc(-c6ccc(C(C)(C)C)cc6)n5)c5ccccc45)[c-]cc3-c3c2ccc2ccccc32)c1.[Ir]. The van der Waals surface area contributed by atoms with Gasteiger partial charge in [-0.05, 0) is 110 Å². The van der Waals surface area contributed by atoms with Gasteiger partial charge in [-0.15, -0.1) is 29.3 Å². The van der Waals surface area contributed by atoms with Crippen molar-refractivity contribution in [2.75, 3.05) is 0 Å². The fourth-order valence-electron chi connectivity index (χ4n) is 11.1. The van der Waals surface area contributed by atoms with Crippen LogP contribution in [0.15, 0.2) is 146 Å². The van der Waals surface area contributed by atoms with Gasteiger partial charge >= 0.3 is 0 Å². The van der Waals surface area contributed by atoms with Gasteiger partial charge in [0.25, 0.3) is 0 Å². The van der Waals surface area contributed by atoms with E-state index in [1.807, 2.05) is 6.20 Å². The van der Waals surface area contributed by atoms with Gasteiger partial charge in [-0.2, -0.15) is 0 Å². The molecule has 73 heavy (non-hydrogen) atoms. The largest absolute Gasteiger partial charge is 0.303 e. The molecule has 0 aliphatic heterocycles. The zero-order valence-corrected chi connectivity index (χ0v) is 46.9. The predicted molar refractivity (Wildman–Crippen MR) is 304 cm³/mol. The van der Waals surface area contributed by atoms with Gasteiger partial charge in [-0.1, -0.05) is 227 Å². The number of fused-ring (bicyclic) bond motifs is 6. The Hall–Kier alpha value is -6.13. The fourth-order valence-corrected chi connectivity index (χ4v) is 11.1. The summed E-state index contributed by atoms with van der Waals surface area (Å²) in [5.41, 5.74) is 16.4. The third kappa shape index (κ3) is 10.4. The monoisotopic (exact) mass is 1140 g/mol. The van der Waals surface area contributed by atoms with E-state index in [9.17, 15) is 0 Å². The molecule has 0 fully saturated rings. The summed E-state index contributed by atoms with van der Waals surface area (Å²) in [6.45, 7) is 20.5. The van der Waals surface area contributed by atoms with Crippen molar-refractivity contribution in [2.45, 2.75) is 143 Å². The third-order valence-corrected chi connectivity index (χ3v) is 15.4. The van der Waals surface area contributed by atoms with E-state index >= 15 is 0 Å². The molecule has 4 nitrogen and oxygen atoms in total. The second-order valence-electron chi connectivity index (χ2n) is 22.7. The summed E-state index contributed by atoms with van der Waals surface area (Å²) in [6, 6.07) is 55.7. The minimum atomic E-state index is -0.403. The van der Waals surface area contributed by atoms with Crippen LogP contribution in [0, 0.1) is 6.07 Å². The van der Waals surface area contributed by atoms with E-state index in [0.29, 0.717) is 17.5 Å². The maximum Gasteiger partial charge on any atom is 0.166 e. The van der Waals surface area contributed by atoms with E-state index < -0.39 is 5.41 Å². The molecule has 7 aromatic carbocycles. The van der Waals surface area contributed by atoms with Crippen molar-refractivity contribution in [1.29, 1.82) is 0 Å². The van der Waals surface area contributed by atoms with Crippen LogP contribution in [-0.4, -0.2) is 19.9 Å². The number of pyridine rings is 1. The summed E-state index contributed by atoms with van der Waals surface area (Å²) in [6.07, 6.45) is 14.2. The summed E-state index contributed by atoms with van der Waals surface area (Å²) in [4.78, 5) is 21.0. The molecule has 1 atom stereocenters. The van der Waals surface area contributed by atoms with Gasteiger partial charge < -0.3 is 4.98 Å². The molecule has 1 unspecified atom stereocenters. The molecule has 10 rings (SSSR count). The summed E-state index contributed by atoms with van der Waals surface area (Å²) < 4.78 is 0. The number of nitrogens with zero attached hydrogens (tertiary/aromatic N) is 4. The van der Waals surface area contributed by atoms with Gasteiger partial charge in [0.2, 0.25) is 0 Å². The van der Waals surface area contributed by atoms with Crippen LogP contribution < -0.4 is 0 Å². The molecule has 0 bridgehead atoms. The average molecular weight is 1140 g/mol. The maximum absolute atomic E-state index is 5.37. The first-order valence-corrected chi connectivity index (χ1v) is 26.8. The molecular formula is C68H71IrN4-. The van der Waals surface area contributed by atoms with Crippen molar-refractivity contribution in [1.82, 2.24) is 19.9 Å². The molecule has 0 N–H and O–H groups in total. The molecule has 1 aliphatic carbocycles. The van der Waals surface area contributed by atoms with Crippen molar-refractivity contribution in [3.63, 3.8) is 0 Å². The van der Waals surface area contributed by atoms with Crippen molar-refractivity contribution < 1.29 is 20.1 Å². The number of aryl methyl sites for hydroxylation is 2. The molecule has 0 amide bonds. The normalized spacial score (nSPS) is 14.3. The van der Waals surface area contributed by atoms with E-state index in [-0.39, 0.29) is 30.9 Å². The number of rotatable bonds is 15. The molecule has 0 saturated carbocycles. The van der Waals surface area contributed by atoms with Crippen LogP contribution in [0.3, 0.4) is 0 Å². The number of benzene rings is 7. The van der Waals surface area contributed by atoms with Crippen LogP contribution >= 0.6 is 0 Å². The Morgan fingerprint density at radius 3 is 1.60 bits per heavy atom. The Labute approximate surface area is 449 Å². The van der Waals surface area contributed by atoms with Crippen molar-refractivity contribution >= 4 is 21.5 Å². The fraction of sp³-hybridized carbons (Fsp3) is 0.324. The van der Waals surface area contributed by atoms with E-state index in [0.717, 1.165) is 51.6 Å². The quantitative estimate of drug-likeness (QED) is 0.0758. The second-order valence-corrected chi connectivity index (χ2v) is 22.7. The number of unbranched alkanes of at least 4 members (excludes halogenated alkanes) is 6. The molecule has 373 valence electrons. The van der Waals surface area contributed by atoms with Crippen LogP contribution in [-0.2, 0) is 49.2 Å². The molecule has 1 aliphatic rings. The summed E-state index contributed by atoms with van der Waals surface area (Å²) in [7, 11) is 0. The maximum atomic E-state index is 5.37. The predicted octanol–water partition coefficient (Wildman–Crippen LogP) is 18.2.